The number of nitrogens with one attached hydrogen (secondary N) is 2. The third-order valence-electron chi connectivity index (χ3n) is 6.84. The van der Waals surface area contributed by atoms with Gasteiger partial charge in [-0.25, -0.2) is 0 Å². The molecule has 1 heterocycles. The molecule has 178 valence electrons. The molecule has 0 aromatic heterocycles. The summed E-state index contributed by atoms with van der Waals surface area (Å²) in [6.45, 7) is 2.24. The first-order valence-electron chi connectivity index (χ1n) is 11.6. The van der Waals surface area contributed by atoms with Crippen LogP contribution >= 0.6 is 12.4 Å². The summed E-state index contributed by atoms with van der Waals surface area (Å²) in [5.74, 6) is 0.595. The Hall–Kier alpha value is -2.57. The number of nitrogens with zero attached hydrogens (tertiary/aromatic N) is 1. The molecule has 2 N–H and O–H groups in total. The van der Waals surface area contributed by atoms with E-state index < -0.39 is 6.04 Å². The molecule has 6 nitrogen and oxygen atoms in total. The lowest BCUT2D eigenvalue weighted by atomic mass is 9.87. The van der Waals surface area contributed by atoms with Gasteiger partial charge in [0.05, 0.1) is 19.7 Å². The van der Waals surface area contributed by atoms with E-state index in [0.717, 1.165) is 48.2 Å². The van der Waals surface area contributed by atoms with Crippen molar-refractivity contribution in [1.82, 2.24) is 10.6 Å². The molecule has 0 spiro atoms. The van der Waals surface area contributed by atoms with Crippen LogP contribution in [-0.4, -0.2) is 38.1 Å². The Morgan fingerprint density at radius 1 is 1.12 bits per heavy atom. The first-order chi connectivity index (χ1) is 15.5. The zero-order chi connectivity index (χ0) is 22.7. The van der Waals surface area contributed by atoms with Gasteiger partial charge in [-0.2, -0.15) is 0 Å². The molecule has 7 heteroatoms. The topological polar surface area (TPSA) is 70.7 Å². The summed E-state index contributed by atoms with van der Waals surface area (Å²) in [6.07, 6.45) is 5.74. The van der Waals surface area contributed by atoms with Crippen molar-refractivity contribution in [3.05, 3.63) is 58.7 Å². The number of hydrogen-bond donors (Lipinski definition) is 2. The summed E-state index contributed by atoms with van der Waals surface area (Å²) in [7, 11) is 3.43. The van der Waals surface area contributed by atoms with Crippen molar-refractivity contribution in [2.75, 3.05) is 19.1 Å². The Kier molecular flexibility index (Phi) is 8.38. The molecule has 0 saturated heterocycles. The van der Waals surface area contributed by atoms with Crippen molar-refractivity contribution >= 4 is 29.9 Å². The van der Waals surface area contributed by atoms with Gasteiger partial charge >= 0.3 is 0 Å². The van der Waals surface area contributed by atoms with E-state index in [4.69, 9.17) is 4.74 Å². The maximum absolute atomic E-state index is 13.8. The lowest BCUT2D eigenvalue weighted by molar-refractivity contribution is -0.128. The van der Waals surface area contributed by atoms with Crippen LogP contribution in [0.4, 0.5) is 5.69 Å². The smallest absolute Gasteiger partial charge is 0.249 e. The molecule has 2 aliphatic rings. The monoisotopic (exact) mass is 471 g/mol. The van der Waals surface area contributed by atoms with Crippen molar-refractivity contribution in [2.24, 2.45) is 0 Å². The van der Waals surface area contributed by atoms with E-state index in [2.05, 4.69) is 22.8 Å². The highest BCUT2D eigenvalue weighted by Crippen LogP contribution is 2.35. The summed E-state index contributed by atoms with van der Waals surface area (Å²) < 4.78 is 5.73. The summed E-state index contributed by atoms with van der Waals surface area (Å²) in [5.41, 5.74) is 5.81. The number of fused-ring (bicyclic) bond motifs is 2. The average Bonchev–Trinajstić information content (AvgIpc) is 2.95. The number of likely N-dealkylation sites (N-methyl/N-ethyl adjacent to an activating group) is 1. The molecule has 1 unspecified atom stereocenters. The van der Waals surface area contributed by atoms with Crippen LogP contribution in [0.3, 0.4) is 0 Å². The minimum absolute atomic E-state index is 0. The van der Waals surface area contributed by atoms with E-state index >= 15 is 0 Å². The summed E-state index contributed by atoms with van der Waals surface area (Å²) >= 11 is 0. The van der Waals surface area contributed by atoms with E-state index in [0.29, 0.717) is 13.0 Å². The fourth-order valence-electron chi connectivity index (χ4n) is 4.85. The quantitative estimate of drug-likeness (QED) is 0.675. The molecule has 0 saturated carbocycles. The van der Waals surface area contributed by atoms with Gasteiger partial charge in [0.25, 0.3) is 0 Å². The Labute approximate surface area is 202 Å². The number of anilines is 1. The lowest BCUT2D eigenvalue weighted by Gasteiger charge is -2.30. The first-order valence-corrected chi connectivity index (χ1v) is 11.6. The molecule has 33 heavy (non-hydrogen) atoms. The van der Waals surface area contributed by atoms with Crippen LogP contribution in [0.25, 0.3) is 0 Å². The maximum Gasteiger partial charge on any atom is 0.249 e. The van der Waals surface area contributed by atoms with Gasteiger partial charge in [-0.05, 0) is 81.3 Å². The van der Waals surface area contributed by atoms with Crippen LogP contribution in [0, 0.1) is 0 Å². The van der Waals surface area contributed by atoms with Crippen molar-refractivity contribution in [3.63, 3.8) is 0 Å². The molecule has 2 atom stereocenters. The van der Waals surface area contributed by atoms with Gasteiger partial charge in [-0.3, -0.25) is 9.59 Å². The van der Waals surface area contributed by atoms with Crippen molar-refractivity contribution in [1.29, 1.82) is 0 Å². The van der Waals surface area contributed by atoms with E-state index in [-0.39, 0.29) is 30.3 Å². The number of rotatable bonds is 6. The molecule has 4 rings (SSSR count). The van der Waals surface area contributed by atoms with Gasteiger partial charge < -0.3 is 20.3 Å². The minimum atomic E-state index is -0.559. The van der Waals surface area contributed by atoms with Crippen molar-refractivity contribution < 1.29 is 14.3 Å². The number of hydrogen-bond acceptors (Lipinski definition) is 4. The first kappa shape index (κ1) is 25.1. The summed E-state index contributed by atoms with van der Waals surface area (Å²) in [6, 6.07) is 11.3. The summed E-state index contributed by atoms with van der Waals surface area (Å²) in [4.78, 5) is 28.2. The van der Waals surface area contributed by atoms with Gasteiger partial charge in [-0.1, -0.05) is 24.3 Å². The second-order valence-corrected chi connectivity index (χ2v) is 8.75. The molecule has 0 fully saturated rings. The largest absolute Gasteiger partial charge is 0.496 e. The predicted molar refractivity (Wildman–Crippen MR) is 133 cm³/mol. The maximum atomic E-state index is 13.8. The highest BCUT2D eigenvalue weighted by molar-refractivity contribution is 6.01. The molecule has 2 amide bonds. The van der Waals surface area contributed by atoms with Crippen LogP contribution in [0.5, 0.6) is 5.75 Å². The number of para-hydroxylation sites is 1. The molecule has 2 aromatic carbocycles. The number of benzene rings is 2. The lowest BCUT2D eigenvalue weighted by Crippen LogP contribution is -2.52. The second kappa shape index (κ2) is 11.0. The normalized spacial score (nSPS) is 18.3. The standard InChI is InChI=1S/C26H33N3O3.ClH/c1-17(27-2)25(30)28-22-14-12-19-9-5-7-11-23(19)29(26(22)31)16-21-20-10-6-4-8-18(20)13-15-24(21)32-3;/h5,7,9,11,13,15,17,22,27H,4,6,8,10,12,14,16H2,1-3H3,(H,28,30);1H/t17?,22-;/m0./s1. The van der Waals surface area contributed by atoms with Gasteiger partial charge in [0.1, 0.15) is 11.8 Å². The van der Waals surface area contributed by atoms with Crippen molar-refractivity contribution in [3.8, 4) is 5.75 Å². The molecule has 0 bridgehead atoms. The third-order valence-corrected chi connectivity index (χ3v) is 6.84. The predicted octanol–water partition coefficient (Wildman–Crippen LogP) is 3.57. The number of carbonyl (C=O) groups excluding carboxylic acids is 2. The van der Waals surface area contributed by atoms with E-state index in [1.807, 2.05) is 29.2 Å². The van der Waals surface area contributed by atoms with Gasteiger partial charge in [0, 0.05) is 11.3 Å². The Bertz CT molecular complexity index is 1010. The van der Waals surface area contributed by atoms with Crippen LogP contribution in [0.1, 0.15) is 48.4 Å². The zero-order valence-corrected chi connectivity index (χ0v) is 20.5. The Morgan fingerprint density at radius 3 is 2.64 bits per heavy atom. The van der Waals surface area contributed by atoms with Crippen molar-refractivity contribution in [2.45, 2.75) is 64.1 Å². The van der Waals surface area contributed by atoms with E-state index in [1.54, 1.807) is 21.1 Å². The molecular weight excluding hydrogens is 438 g/mol. The van der Waals surface area contributed by atoms with E-state index in [9.17, 15) is 9.59 Å². The van der Waals surface area contributed by atoms with Gasteiger partial charge in [0.15, 0.2) is 0 Å². The average molecular weight is 472 g/mol. The van der Waals surface area contributed by atoms with Crippen LogP contribution < -0.4 is 20.3 Å². The molecule has 0 radical (unpaired) electrons. The minimum Gasteiger partial charge on any atom is -0.496 e. The van der Waals surface area contributed by atoms with Gasteiger partial charge in [-0.15, -0.1) is 12.4 Å². The SMILES string of the molecule is CNC(C)C(=O)N[C@H]1CCc2ccccc2N(Cc2c(OC)ccc3c2CCCC3)C1=O.Cl. The Balaban J connectivity index is 0.00000306. The molecular formula is C26H34ClN3O3. The molecule has 1 aliphatic carbocycles. The summed E-state index contributed by atoms with van der Waals surface area (Å²) in [5, 5.41) is 5.93. The number of carbonyl (C=O) groups is 2. The van der Waals surface area contributed by atoms with Crippen LogP contribution in [-0.2, 0) is 35.4 Å². The number of methoxy groups -OCH3 is 1. The molecule has 2 aromatic rings. The number of aryl methyl sites for hydroxylation is 2. The number of amides is 2. The highest BCUT2D eigenvalue weighted by atomic mass is 35.5. The number of ether oxygens (including phenoxy) is 1. The van der Waals surface area contributed by atoms with Crippen LogP contribution in [0.2, 0.25) is 0 Å². The van der Waals surface area contributed by atoms with Crippen LogP contribution in [0.15, 0.2) is 36.4 Å². The Morgan fingerprint density at radius 2 is 1.88 bits per heavy atom. The second-order valence-electron chi connectivity index (χ2n) is 8.75. The fraction of sp³-hybridized carbons (Fsp3) is 0.462. The third kappa shape index (κ3) is 5.17. The fourth-order valence-corrected chi connectivity index (χ4v) is 4.85. The molecule has 1 aliphatic heterocycles. The van der Waals surface area contributed by atoms with E-state index in [1.165, 1.54) is 17.5 Å². The highest BCUT2D eigenvalue weighted by Gasteiger charge is 2.33. The number of halogens is 1. The van der Waals surface area contributed by atoms with Gasteiger partial charge in [0.2, 0.25) is 11.8 Å². The zero-order valence-electron chi connectivity index (χ0n) is 19.6.